The summed E-state index contributed by atoms with van der Waals surface area (Å²) in [6.07, 6.45) is 3.12. The van der Waals surface area contributed by atoms with E-state index in [4.69, 9.17) is 11.6 Å². The van der Waals surface area contributed by atoms with E-state index in [9.17, 15) is 4.79 Å². The Labute approximate surface area is 102 Å². The molecule has 0 saturated carbocycles. The maximum atomic E-state index is 12.2. The predicted octanol–water partition coefficient (Wildman–Crippen LogP) is 2.75. The minimum absolute atomic E-state index is 0.211. The summed E-state index contributed by atoms with van der Waals surface area (Å²) in [5, 5.41) is 0.211. The van der Waals surface area contributed by atoms with E-state index in [2.05, 4.69) is 13.8 Å². The molecule has 1 amide bonds. The van der Waals surface area contributed by atoms with Crippen LogP contribution in [0.5, 0.6) is 0 Å². The molecule has 0 aromatic heterocycles. The molecule has 4 heteroatoms. The van der Waals surface area contributed by atoms with Gasteiger partial charge in [0.25, 0.3) is 0 Å². The highest BCUT2D eigenvalue weighted by Crippen LogP contribution is 2.28. The van der Waals surface area contributed by atoms with E-state index >= 15 is 0 Å². The van der Waals surface area contributed by atoms with Gasteiger partial charge in [-0.25, -0.2) is 0 Å². The quantitative estimate of drug-likeness (QED) is 0.699. The van der Waals surface area contributed by atoms with E-state index in [0.717, 1.165) is 25.1 Å². The Morgan fingerprint density at radius 3 is 2.80 bits per heavy atom. The summed E-state index contributed by atoms with van der Waals surface area (Å²) in [5.74, 6) is 2.09. The summed E-state index contributed by atoms with van der Waals surface area (Å²) in [4.78, 5) is 14.1. The Hall–Kier alpha value is 0.110. The maximum absolute atomic E-state index is 12.2. The van der Waals surface area contributed by atoms with Gasteiger partial charge in [0.05, 0.1) is 5.25 Å². The first-order chi connectivity index (χ1) is 7.16. The van der Waals surface area contributed by atoms with Gasteiger partial charge in [0, 0.05) is 18.5 Å². The average molecular weight is 250 g/mol. The molecular weight excluding hydrogens is 230 g/mol. The van der Waals surface area contributed by atoms with Gasteiger partial charge in [-0.3, -0.25) is 4.79 Å². The summed E-state index contributed by atoms with van der Waals surface area (Å²) in [7, 11) is 0. The molecule has 0 aromatic carbocycles. The zero-order chi connectivity index (χ0) is 11.3. The Balaban J connectivity index is 2.49. The van der Waals surface area contributed by atoms with Crippen molar-refractivity contribution in [2.45, 2.75) is 44.4 Å². The second-order valence-corrected chi connectivity index (χ2v) is 5.86. The fraction of sp³-hybridized carbons (Fsp3) is 0.909. The Morgan fingerprint density at radius 2 is 2.33 bits per heavy atom. The molecule has 0 N–H and O–H groups in total. The van der Waals surface area contributed by atoms with Crippen molar-refractivity contribution in [1.29, 1.82) is 0 Å². The average Bonchev–Trinajstić information content (AvgIpc) is 2.70. The number of nitrogens with zero attached hydrogens (tertiary/aromatic N) is 1. The molecule has 0 bridgehead atoms. The smallest absolute Gasteiger partial charge is 0.235 e. The fourth-order valence-corrected chi connectivity index (χ4v) is 3.16. The number of hydrogen-bond acceptors (Lipinski definition) is 2. The van der Waals surface area contributed by atoms with E-state index in [1.807, 2.05) is 4.90 Å². The van der Waals surface area contributed by atoms with Gasteiger partial charge in [-0.1, -0.05) is 0 Å². The standard InChI is InChI=1S/C11H20ClNOS/c1-9(2)13(7-4-6-12)11(14)10-5-3-8-15-10/h9-10H,3-8H2,1-2H3. The van der Waals surface area contributed by atoms with Crippen molar-refractivity contribution in [2.75, 3.05) is 18.2 Å². The van der Waals surface area contributed by atoms with E-state index in [1.165, 1.54) is 6.42 Å². The monoisotopic (exact) mass is 249 g/mol. The lowest BCUT2D eigenvalue weighted by Gasteiger charge is -2.28. The minimum atomic E-state index is 0.211. The second kappa shape index (κ2) is 6.64. The number of carbonyl (C=O) groups is 1. The molecule has 1 atom stereocenters. The van der Waals surface area contributed by atoms with Crippen LogP contribution in [0.2, 0.25) is 0 Å². The SMILES string of the molecule is CC(C)N(CCCCl)C(=O)C1CCCS1. The first-order valence-corrected chi connectivity index (χ1v) is 7.23. The third-order valence-corrected chi connectivity index (χ3v) is 4.28. The van der Waals surface area contributed by atoms with Crippen molar-refractivity contribution in [3.05, 3.63) is 0 Å². The molecule has 1 rings (SSSR count). The summed E-state index contributed by atoms with van der Waals surface area (Å²) >= 11 is 7.48. The molecule has 0 spiro atoms. The fourth-order valence-electron chi connectivity index (χ4n) is 1.81. The van der Waals surface area contributed by atoms with Crippen molar-refractivity contribution in [2.24, 2.45) is 0 Å². The topological polar surface area (TPSA) is 20.3 Å². The van der Waals surface area contributed by atoms with Crippen molar-refractivity contribution in [1.82, 2.24) is 4.90 Å². The zero-order valence-electron chi connectivity index (χ0n) is 9.54. The number of hydrogen-bond donors (Lipinski definition) is 0. The second-order valence-electron chi connectivity index (χ2n) is 4.17. The van der Waals surface area contributed by atoms with Crippen LogP contribution >= 0.6 is 23.4 Å². The highest BCUT2D eigenvalue weighted by molar-refractivity contribution is 8.00. The van der Waals surface area contributed by atoms with Crippen LogP contribution in [-0.2, 0) is 4.79 Å². The van der Waals surface area contributed by atoms with Crippen molar-refractivity contribution in [3.63, 3.8) is 0 Å². The van der Waals surface area contributed by atoms with Crippen molar-refractivity contribution < 1.29 is 4.79 Å². The van der Waals surface area contributed by atoms with Crippen LogP contribution in [0, 0.1) is 0 Å². The minimum Gasteiger partial charge on any atom is -0.339 e. The molecule has 0 aliphatic carbocycles. The van der Waals surface area contributed by atoms with Crippen LogP contribution in [0.4, 0.5) is 0 Å². The number of carbonyl (C=O) groups excluding carboxylic acids is 1. The van der Waals surface area contributed by atoms with Gasteiger partial charge in [-0.2, -0.15) is 0 Å². The first-order valence-electron chi connectivity index (χ1n) is 5.65. The summed E-state index contributed by atoms with van der Waals surface area (Å²) in [6, 6.07) is 0.293. The first kappa shape index (κ1) is 13.2. The van der Waals surface area contributed by atoms with Crippen LogP contribution < -0.4 is 0 Å². The van der Waals surface area contributed by atoms with Crippen LogP contribution in [0.3, 0.4) is 0 Å². The number of alkyl halides is 1. The maximum Gasteiger partial charge on any atom is 0.235 e. The third kappa shape index (κ3) is 3.87. The van der Waals surface area contributed by atoms with Gasteiger partial charge in [0.1, 0.15) is 0 Å². The molecule has 1 aliphatic rings. The van der Waals surface area contributed by atoms with Crippen LogP contribution in [-0.4, -0.2) is 40.3 Å². The predicted molar refractivity (Wildman–Crippen MR) is 67.7 cm³/mol. The highest BCUT2D eigenvalue weighted by Gasteiger charge is 2.28. The van der Waals surface area contributed by atoms with E-state index in [-0.39, 0.29) is 5.25 Å². The Bertz CT molecular complexity index is 205. The van der Waals surface area contributed by atoms with Crippen LogP contribution in [0.15, 0.2) is 0 Å². The summed E-state index contributed by atoms with van der Waals surface area (Å²) < 4.78 is 0. The molecule has 1 aliphatic heterocycles. The molecule has 0 radical (unpaired) electrons. The lowest BCUT2D eigenvalue weighted by molar-refractivity contribution is -0.132. The van der Waals surface area contributed by atoms with Gasteiger partial charge >= 0.3 is 0 Å². The largest absolute Gasteiger partial charge is 0.339 e. The molecule has 88 valence electrons. The van der Waals surface area contributed by atoms with Gasteiger partial charge < -0.3 is 4.90 Å². The van der Waals surface area contributed by atoms with Crippen LogP contribution in [0.1, 0.15) is 33.1 Å². The highest BCUT2D eigenvalue weighted by atomic mass is 35.5. The van der Waals surface area contributed by atoms with Gasteiger partial charge in [0.15, 0.2) is 0 Å². The lowest BCUT2D eigenvalue weighted by atomic mass is 10.2. The van der Waals surface area contributed by atoms with Gasteiger partial charge in [0.2, 0.25) is 5.91 Å². The molecule has 1 fully saturated rings. The molecule has 0 aromatic rings. The van der Waals surface area contributed by atoms with E-state index in [0.29, 0.717) is 17.8 Å². The Morgan fingerprint density at radius 1 is 1.60 bits per heavy atom. The molecule has 15 heavy (non-hydrogen) atoms. The van der Waals surface area contributed by atoms with Crippen LogP contribution in [0.25, 0.3) is 0 Å². The van der Waals surface area contributed by atoms with Crippen molar-refractivity contribution >= 4 is 29.3 Å². The van der Waals surface area contributed by atoms with Gasteiger partial charge in [-0.15, -0.1) is 23.4 Å². The van der Waals surface area contributed by atoms with E-state index in [1.54, 1.807) is 11.8 Å². The zero-order valence-corrected chi connectivity index (χ0v) is 11.1. The third-order valence-electron chi connectivity index (χ3n) is 2.64. The normalized spacial score (nSPS) is 20.9. The summed E-state index contributed by atoms with van der Waals surface area (Å²) in [6.45, 7) is 4.95. The molecular formula is C11H20ClNOS. The molecule has 2 nitrogen and oxygen atoms in total. The van der Waals surface area contributed by atoms with Crippen molar-refractivity contribution in [3.8, 4) is 0 Å². The molecule has 1 saturated heterocycles. The Kier molecular flexibility index (Phi) is 5.83. The number of halogens is 1. The molecule has 1 unspecified atom stereocenters. The number of thioether (sulfide) groups is 1. The molecule has 1 heterocycles. The number of amides is 1. The number of rotatable bonds is 5. The van der Waals surface area contributed by atoms with Gasteiger partial charge in [-0.05, 0) is 38.9 Å². The van der Waals surface area contributed by atoms with E-state index < -0.39 is 0 Å². The lowest BCUT2D eigenvalue weighted by Crippen LogP contribution is -2.42. The summed E-state index contributed by atoms with van der Waals surface area (Å²) in [5.41, 5.74) is 0.